The number of benzene rings is 2. The van der Waals surface area contributed by atoms with Gasteiger partial charge in [0.2, 0.25) is 5.89 Å². The summed E-state index contributed by atoms with van der Waals surface area (Å²) in [6, 6.07) is 20.2. The molecule has 6 nitrogen and oxygen atoms in total. The van der Waals surface area contributed by atoms with E-state index in [1.807, 2.05) is 48.5 Å². The summed E-state index contributed by atoms with van der Waals surface area (Å²) in [4.78, 5) is 11.3. The molecule has 28 heavy (non-hydrogen) atoms. The van der Waals surface area contributed by atoms with Crippen molar-refractivity contribution in [2.24, 2.45) is 4.99 Å². The molecule has 0 aliphatic carbocycles. The average molecular weight is 377 g/mol. The van der Waals surface area contributed by atoms with E-state index in [1.165, 1.54) is 5.69 Å². The average Bonchev–Trinajstić information content (AvgIpc) is 3.22. The van der Waals surface area contributed by atoms with Crippen LogP contribution in [-0.4, -0.2) is 37.6 Å². The van der Waals surface area contributed by atoms with Gasteiger partial charge in [-0.15, -0.1) is 0 Å². The maximum atomic E-state index is 5.58. The number of nitrogens with one attached hydrogen (secondary N) is 2. The van der Waals surface area contributed by atoms with Gasteiger partial charge in [-0.2, -0.15) is 0 Å². The van der Waals surface area contributed by atoms with Crippen molar-refractivity contribution in [3.8, 4) is 11.5 Å². The van der Waals surface area contributed by atoms with Gasteiger partial charge in [-0.05, 0) is 31.2 Å². The number of rotatable bonds is 8. The normalized spacial score (nSPS) is 11.3. The molecule has 0 bridgehead atoms. The fraction of sp³-hybridized carbons (Fsp3) is 0.273. The molecule has 0 saturated heterocycles. The van der Waals surface area contributed by atoms with Crippen LogP contribution >= 0.6 is 0 Å². The highest BCUT2D eigenvalue weighted by Gasteiger charge is 2.06. The maximum Gasteiger partial charge on any atom is 0.226 e. The smallest absolute Gasteiger partial charge is 0.226 e. The van der Waals surface area contributed by atoms with Crippen molar-refractivity contribution in [1.29, 1.82) is 0 Å². The lowest BCUT2D eigenvalue weighted by atomic mass is 10.2. The van der Waals surface area contributed by atoms with Crippen LogP contribution in [0.2, 0.25) is 0 Å². The van der Waals surface area contributed by atoms with E-state index in [1.54, 1.807) is 6.26 Å². The van der Waals surface area contributed by atoms with E-state index in [9.17, 15) is 0 Å². The molecule has 0 radical (unpaired) electrons. The maximum absolute atomic E-state index is 5.58. The third-order valence-corrected chi connectivity index (χ3v) is 4.25. The molecule has 0 unspecified atom stereocenters. The first-order valence-corrected chi connectivity index (χ1v) is 9.54. The first-order valence-electron chi connectivity index (χ1n) is 9.54. The highest BCUT2D eigenvalue weighted by Crippen LogP contribution is 2.18. The minimum Gasteiger partial charge on any atom is -0.444 e. The number of hydrogen-bond acceptors (Lipinski definition) is 4. The van der Waals surface area contributed by atoms with Crippen molar-refractivity contribution in [3.63, 3.8) is 0 Å². The van der Waals surface area contributed by atoms with Crippen molar-refractivity contribution in [2.45, 2.75) is 13.5 Å². The molecule has 3 aromatic rings. The highest BCUT2D eigenvalue weighted by atomic mass is 16.3. The standard InChI is InChI=1S/C22H27N5O/c1-3-23-22(24-14-15-27(2)20-12-8-5-9-13-20)25-16-19-17-28-21(26-19)18-10-6-4-7-11-18/h4-13,17H,3,14-16H2,1-2H3,(H2,23,24,25). The van der Waals surface area contributed by atoms with Crippen molar-refractivity contribution in [2.75, 3.05) is 31.6 Å². The quantitative estimate of drug-likeness (QED) is 0.464. The number of anilines is 1. The van der Waals surface area contributed by atoms with Gasteiger partial charge in [0.15, 0.2) is 5.96 Å². The molecule has 2 aromatic carbocycles. The summed E-state index contributed by atoms with van der Waals surface area (Å²) in [5.41, 5.74) is 2.96. The molecule has 0 fully saturated rings. The Labute approximate surface area is 166 Å². The van der Waals surface area contributed by atoms with Crippen molar-refractivity contribution in [1.82, 2.24) is 15.6 Å². The topological polar surface area (TPSA) is 65.7 Å². The van der Waals surface area contributed by atoms with Crippen LogP contribution < -0.4 is 15.5 Å². The van der Waals surface area contributed by atoms with Crippen molar-refractivity contribution < 1.29 is 4.42 Å². The monoisotopic (exact) mass is 377 g/mol. The number of likely N-dealkylation sites (N-methyl/N-ethyl adjacent to an activating group) is 1. The zero-order valence-electron chi connectivity index (χ0n) is 16.4. The molecule has 0 spiro atoms. The Balaban J connectivity index is 1.53. The SMILES string of the molecule is CCNC(=NCc1coc(-c2ccccc2)n1)NCCN(C)c1ccccc1. The number of nitrogens with zero attached hydrogens (tertiary/aromatic N) is 3. The number of aliphatic imine (C=N–C) groups is 1. The molecular weight excluding hydrogens is 350 g/mol. The first-order chi connectivity index (χ1) is 13.8. The summed E-state index contributed by atoms with van der Waals surface area (Å²) in [5.74, 6) is 1.39. The van der Waals surface area contributed by atoms with Gasteiger partial charge in [-0.25, -0.2) is 9.98 Å². The molecule has 0 amide bonds. The summed E-state index contributed by atoms with van der Waals surface area (Å²) < 4.78 is 5.58. The molecule has 6 heteroatoms. The third kappa shape index (κ3) is 5.61. The number of aromatic nitrogens is 1. The molecule has 2 N–H and O–H groups in total. The van der Waals surface area contributed by atoms with Gasteiger partial charge in [0, 0.05) is 37.9 Å². The zero-order chi connectivity index (χ0) is 19.6. The first kappa shape index (κ1) is 19.5. The molecule has 1 aromatic heterocycles. The predicted molar refractivity (Wildman–Crippen MR) is 114 cm³/mol. The lowest BCUT2D eigenvalue weighted by Gasteiger charge is -2.20. The van der Waals surface area contributed by atoms with E-state index in [4.69, 9.17) is 4.42 Å². The molecule has 0 aliphatic rings. The van der Waals surface area contributed by atoms with Crippen molar-refractivity contribution in [3.05, 3.63) is 72.6 Å². The van der Waals surface area contributed by atoms with E-state index in [2.05, 4.69) is 51.6 Å². The Bertz CT molecular complexity index is 861. The van der Waals surface area contributed by atoms with Crippen LogP contribution in [0.5, 0.6) is 0 Å². The Kier molecular flexibility index (Phi) is 7.07. The van der Waals surface area contributed by atoms with Gasteiger partial charge in [0.05, 0.1) is 6.54 Å². The van der Waals surface area contributed by atoms with E-state index in [0.29, 0.717) is 12.4 Å². The molecule has 0 aliphatic heterocycles. The Morgan fingerprint density at radius 3 is 2.46 bits per heavy atom. The number of para-hydroxylation sites is 1. The van der Waals surface area contributed by atoms with Gasteiger partial charge in [-0.1, -0.05) is 36.4 Å². The number of guanidine groups is 1. The zero-order valence-corrected chi connectivity index (χ0v) is 16.4. The minimum atomic E-state index is 0.459. The van der Waals surface area contributed by atoms with Crippen molar-refractivity contribution >= 4 is 11.6 Å². The minimum absolute atomic E-state index is 0.459. The van der Waals surface area contributed by atoms with Gasteiger partial charge in [-0.3, -0.25) is 0 Å². The molecule has 0 saturated carbocycles. The second-order valence-electron chi connectivity index (χ2n) is 6.39. The van der Waals surface area contributed by atoms with Crippen LogP contribution in [0, 0.1) is 0 Å². The molecule has 146 valence electrons. The second-order valence-corrected chi connectivity index (χ2v) is 6.39. The molecule has 0 atom stereocenters. The van der Waals surface area contributed by atoms with Gasteiger partial charge >= 0.3 is 0 Å². The van der Waals surface area contributed by atoms with E-state index < -0.39 is 0 Å². The summed E-state index contributed by atoms with van der Waals surface area (Å²) in [7, 11) is 2.08. The van der Waals surface area contributed by atoms with Crippen LogP contribution in [-0.2, 0) is 6.54 Å². The van der Waals surface area contributed by atoms with Gasteiger partial charge < -0.3 is 20.0 Å². The van der Waals surface area contributed by atoms with E-state index in [0.717, 1.165) is 36.9 Å². The van der Waals surface area contributed by atoms with Gasteiger partial charge in [0.25, 0.3) is 0 Å². The summed E-state index contributed by atoms with van der Waals surface area (Å²) >= 11 is 0. The number of oxazole rings is 1. The van der Waals surface area contributed by atoms with Crippen LogP contribution in [0.4, 0.5) is 5.69 Å². The summed E-state index contributed by atoms with van der Waals surface area (Å²) in [6.45, 7) is 4.97. The van der Waals surface area contributed by atoms with Crippen LogP contribution in [0.15, 0.2) is 76.3 Å². The fourth-order valence-corrected chi connectivity index (χ4v) is 2.75. The third-order valence-electron chi connectivity index (χ3n) is 4.25. The van der Waals surface area contributed by atoms with Crippen LogP contribution in [0.3, 0.4) is 0 Å². The Morgan fingerprint density at radius 1 is 1.04 bits per heavy atom. The second kappa shape index (κ2) is 10.2. The summed E-state index contributed by atoms with van der Waals surface area (Å²) in [5, 5.41) is 6.64. The molecule has 3 rings (SSSR count). The predicted octanol–water partition coefficient (Wildman–Crippen LogP) is 3.53. The van der Waals surface area contributed by atoms with Gasteiger partial charge in [0.1, 0.15) is 12.0 Å². The van der Waals surface area contributed by atoms with E-state index in [-0.39, 0.29) is 0 Å². The summed E-state index contributed by atoms with van der Waals surface area (Å²) in [6.07, 6.45) is 1.67. The molecular formula is C22H27N5O. The lowest BCUT2D eigenvalue weighted by molar-refractivity contribution is 0.572. The lowest BCUT2D eigenvalue weighted by Crippen LogP contribution is -2.41. The Morgan fingerprint density at radius 2 is 1.75 bits per heavy atom. The fourth-order valence-electron chi connectivity index (χ4n) is 2.75. The highest BCUT2D eigenvalue weighted by molar-refractivity contribution is 5.79. The largest absolute Gasteiger partial charge is 0.444 e. The number of hydrogen-bond donors (Lipinski definition) is 2. The van der Waals surface area contributed by atoms with Crippen LogP contribution in [0.1, 0.15) is 12.6 Å². The van der Waals surface area contributed by atoms with Crippen LogP contribution in [0.25, 0.3) is 11.5 Å². The Hall–Kier alpha value is -3.28. The van der Waals surface area contributed by atoms with E-state index >= 15 is 0 Å². The molecule has 1 heterocycles.